The monoisotopic (exact) mass is 378 g/mol. The molecule has 25 heavy (non-hydrogen) atoms. The molecule has 3 N–H and O–H groups in total. The van der Waals surface area contributed by atoms with E-state index < -0.39 is 15.6 Å². The third-order valence-electron chi connectivity index (χ3n) is 4.06. The van der Waals surface area contributed by atoms with Crippen LogP contribution in [-0.2, 0) is 10.0 Å². The van der Waals surface area contributed by atoms with Gasteiger partial charge in [0, 0.05) is 26.2 Å². The van der Waals surface area contributed by atoms with Gasteiger partial charge in [-0.15, -0.1) is 0 Å². The van der Waals surface area contributed by atoms with Crippen LogP contribution in [0.25, 0.3) is 0 Å². The van der Waals surface area contributed by atoms with Gasteiger partial charge in [-0.3, -0.25) is 4.99 Å². The maximum Gasteiger partial charge on any atom is 0.215 e. The molecular weight excluding hydrogens is 340 g/mol. The summed E-state index contributed by atoms with van der Waals surface area (Å²) in [4.78, 5) is 4.46. The summed E-state index contributed by atoms with van der Waals surface area (Å²) >= 11 is 0. The van der Waals surface area contributed by atoms with Crippen LogP contribution in [0.3, 0.4) is 0 Å². The third-order valence-corrected chi connectivity index (χ3v) is 6.08. The van der Waals surface area contributed by atoms with Gasteiger partial charge < -0.3 is 15.7 Å². The summed E-state index contributed by atoms with van der Waals surface area (Å²) in [5.41, 5.74) is -0.793. The van der Waals surface area contributed by atoms with Gasteiger partial charge in [0.05, 0.1) is 17.9 Å². The summed E-state index contributed by atoms with van der Waals surface area (Å²) in [6.07, 6.45) is 3.22. The van der Waals surface area contributed by atoms with Crippen LogP contribution < -0.4 is 10.6 Å². The smallest absolute Gasteiger partial charge is 0.215 e. The summed E-state index contributed by atoms with van der Waals surface area (Å²) in [5.74, 6) is 0.565. The van der Waals surface area contributed by atoms with Crippen LogP contribution in [0.1, 0.15) is 60.3 Å². The van der Waals surface area contributed by atoms with Crippen molar-refractivity contribution in [1.29, 1.82) is 0 Å². The molecule has 0 aromatic rings. The number of hydrogen-bond donors (Lipinski definition) is 3. The number of nitrogens with one attached hydrogen (secondary N) is 2. The number of aliphatic imine (C=N–C) groups is 1. The molecule has 0 fully saturated rings. The number of sulfonamides is 1. The van der Waals surface area contributed by atoms with Gasteiger partial charge in [0.25, 0.3) is 0 Å². The molecule has 0 aliphatic carbocycles. The van der Waals surface area contributed by atoms with Crippen molar-refractivity contribution < 1.29 is 13.5 Å². The maximum atomic E-state index is 12.2. The van der Waals surface area contributed by atoms with Crippen molar-refractivity contribution in [3.63, 3.8) is 0 Å². The summed E-state index contributed by atoms with van der Waals surface area (Å²) in [6, 6.07) is 0. The first-order chi connectivity index (χ1) is 11.8. The first-order valence-electron chi connectivity index (χ1n) is 9.50. The lowest BCUT2D eigenvalue weighted by Gasteiger charge is -2.26. The second-order valence-electron chi connectivity index (χ2n) is 6.25. The Bertz CT molecular complexity index is 470. The molecule has 0 aromatic carbocycles. The molecule has 0 aliphatic heterocycles. The van der Waals surface area contributed by atoms with Crippen molar-refractivity contribution in [2.75, 3.05) is 38.5 Å². The fourth-order valence-electron chi connectivity index (χ4n) is 2.83. The van der Waals surface area contributed by atoms with E-state index in [0.29, 0.717) is 45.0 Å². The van der Waals surface area contributed by atoms with Crippen molar-refractivity contribution in [3.05, 3.63) is 0 Å². The van der Waals surface area contributed by atoms with Crippen molar-refractivity contribution in [3.8, 4) is 0 Å². The number of guanidine groups is 1. The predicted molar refractivity (Wildman–Crippen MR) is 105 cm³/mol. The van der Waals surface area contributed by atoms with Gasteiger partial charge in [-0.2, -0.15) is 0 Å². The Morgan fingerprint density at radius 1 is 1.04 bits per heavy atom. The van der Waals surface area contributed by atoms with Crippen molar-refractivity contribution in [1.82, 2.24) is 14.9 Å². The van der Waals surface area contributed by atoms with Crippen LogP contribution in [0.15, 0.2) is 4.99 Å². The molecular formula is C17H38N4O3S. The summed E-state index contributed by atoms with van der Waals surface area (Å²) in [7, 11) is -3.26. The summed E-state index contributed by atoms with van der Waals surface area (Å²) in [5, 5.41) is 16.8. The van der Waals surface area contributed by atoms with E-state index in [1.807, 2.05) is 34.6 Å². The first-order valence-corrected chi connectivity index (χ1v) is 11.1. The molecule has 0 atom stereocenters. The zero-order chi connectivity index (χ0) is 19.3. The predicted octanol–water partition coefficient (Wildman–Crippen LogP) is 1.54. The van der Waals surface area contributed by atoms with Crippen LogP contribution >= 0.6 is 0 Å². The SMILES string of the molecule is CCCC(O)(CCC)CN=C(NCC)NCCS(=O)(=O)N(CC)CC. The third kappa shape index (κ3) is 9.42. The minimum absolute atomic E-state index is 0.0211. The highest BCUT2D eigenvalue weighted by Gasteiger charge is 2.24. The summed E-state index contributed by atoms with van der Waals surface area (Å²) < 4.78 is 25.9. The van der Waals surface area contributed by atoms with Gasteiger partial charge in [-0.05, 0) is 19.8 Å². The van der Waals surface area contributed by atoms with E-state index >= 15 is 0 Å². The Labute approximate surface area is 154 Å². The number of aliphatic hydroxyl groups is 1. The van der Waals surface area contributed by atoms with E-state index in [4.69, 9.17) is 0 Å². The molecule has 0 radical (unpaired) electrons. The first kappa shape index (κ1) is 24.1. The molecule has 150 valence electrons. The molecule has 0 saturated heterocycles. The zero-order valence-corrected chi connectivity index (χ0v) is 17.5. The maximum absolute atomic E-state index is 12.2. The van der Waals surface area contributed by atoms with E-state index in [-0.39, 0.29) is 12.3 Å². The lowest BCUT2D eigenvalue weighted by molar-refractivity contribution is 0.0306. The Morgan fingerprint density at radius 3 is 2.04 bits per heavy atom. The van der Waals surface area contributed by atoms with Gasteiger partial charge >= 0.3 is 0 Å². The summed E-state index contributed by atoms with van der Waals surface area (Å²) in [6.45, 7) is 11.9. The molecule has 0 aromatic heterocycles. The Balaban J connectivity index is 4.79. The largest absolute Gasteiger partial charge is 0.388 e. The van der Waals surface area contributed by atoms with Crippen LogP contribution in [0, 0.1) is 0 Å². The fourth-order valence-corrected chi connectivity index (χ4v) is 4.23. The average Bonchev–Trinajstić information content (AvgIpc) is 2.54. The number of rotatable bonds is 13. The topological polar surface area (TPSA) is 94.0 Å². The molecule has 0 spiro atoms. The van der Waals surface area contributed by atoms with Crippen LogP contribution in [-0.4, -0.2) is 67.9 Å². The molecule has 7 nitrogen and oxygen atoms in total. The number of hydrogen-bond acceptors (Lipinski definition) is 4. The van der Waals surface area contributed by atoms with Gasteiger partial charge in [-0.25, -0.2) is 12.7 Å². The lowest BCUT2D eigenvalue weighted by atomic mass is 9.93. The molecule has 0 saturated carbocycles. The molecule has 0 aliphatic rings. The Kier molecular flexibility index (Phi) is 12.1. The minimum atomic E-state index is -3.26. The van der Waals surface area contributed by atoms with E-state index in [1.165, 1.54) is 4.31 Å². The normalized spacial score (nSPS) is 13.3. The molecule has 0 unspecified atom stereocenters. The standard InChI is InChI=1S/C17H38N4O3S/c1-6-11-17(22,12-7-2)15-20-16(18-8-3)19-13-14-25(23,24)21(9-4)10-5/h22H,6-15H2,1-5H3,(H2,18,19,20). The van der Waals surface area contributed by atoms with Crippen LogP contribution in [0.2, 0.25) is 0 Å². The van der Waals surface area contributed by atoms with Gasteiger partial charge in [0.2, 0.25) is 10.0 Å². The highest BCUT2D eigenvalue weighted by Crippen LogP contribution is 2.19. The van der Waals surface area contributed by atoms with Gasteiger partial charge in [0.15, 0.2) is 5.96 Å². The van der Waals surface area contributed by atoms with E-state index in [2.05, 4.69) is 15.6 Å². The van der Waals surface area contributed by atoms with E-state index in [0.717, 1.165) is 12.8 Å². The molecule has 0 rings (SSSR count). The highest BCUT2D eigenvalue weighted by atomic mass is 32.2. The second-order valence-corrected chi connectivity index (χ2v) is 8.34. The molecule has 8 heteroatoms. The average molecular weight is 379 g/mol. The Morgan fingerprint density at radius 2 is 1.60 bits per heavy atom. The minimum Gasteiger partial charge on any atom is -0.388 e. The quantitative estimate of drug-likeness (QED) is 0.334. The van der Waals surface area contributed by atoms with Crippen LogP contribution in [0.5, 0.6) is 0 Å². The van der Waals surface area contributed by atoms with Gasteiger partial charge in [0.1, 0.15) is 0 Å². The molecule has 0 amide bonds. The van der Waals surface area contributed by atoms with Crippen molar-refractivity contribution >= 4 is 16.0 Å². The second kappa shape index (κ2) is 12.5. The molecule has 0 heterocycles. The van der Waals surface area contributed by atoms with E-state index in [9.17, 15) is 13.5 Å². The lowest BCUT2D eigenvalue weighted by Crippen LogP contribution is -2.43. The van der Waals surface area contributed by atoms with Crippen LogP contribution in [0.4, 0.5) is 0 Å². The molecule has 0 bridgehead atoms. The fraction of sp³-hybridized carbons (Fsp3) is 0.941. The van der Waals surface area contributed by atoms with Crippen molar-refractivity contribution in [2.45, 2.75) is 65.9 Å². The number of nitrogens with zero attached hydrogens (tertiary/aromatic N) is 2. The Hall–Kier alpha value is -0.860. The zero-order valence-electron chi connectivity index (χ0n) is 16.6. The highest BCUT2D eigenvalue weighted by molar-refractivity contribution is 7.89. The van der Waals surface area contributed by atoms with Crippen molar-refractivity contribution in [2.24, 2.45) is 4.99 Å². The van der Waals surface area contributed by atoms with Gasteiger partial charge in [-0.1, -0.05) is 40.5 Å². The van der Waals surface area contributed by atoms with E-state index in [1.54, 1.807) is 0 Å².